The van der Waals surface area contributed by atoms with Crippen LogP contribution in [-0.4, -0.2) is 36.6 Å². The van der Waals surface area contributed by atoms with E-state index in [9.17, 15) is 9.59 Å². The standard InChI is InChI=1S/C11H22N2O3/c1-9(3-4-11(15)16)5-6-12-7-8-13-10(2)14/h9,12H,3-8H2,1-2H3,(H,13,14)(H,15,16). The molecule has 5 heteroatoms. The van der Waals surface area contributed by atoms with Crippen molar-refractivity contribution >= 4 is 11.9 Å². The Balaban J connectivity index is 3.24. The van der Waals surface area contributed by atoms with E-state index in [1.165, 1.54) is 6.92 Å². The number of carbonyl (C=O) groups is 2. The molecule has 0 aromatic carbocycles. The molecular formula is C11H22N2O3. The summed E-state index contributed by atoms with van der Waals surface area (Å²) in [7, 11) is 0. The van der Waals surface area contributed by atoms with E-state index in [1.54, 1.807) is 0 Å². The van der Waals surface area contributed by atoms with Gasteiger partial charge in [-0.25, -0.2) is 0 Å². The van der Waals surface area contributed by atoms with Crippen LogP contribution in [0.1, 0.15) is 33.1 Å². The third kappa shape index (κ3) is 11.0. The van der Waals surface area contributed by atoms with Gasteiger partial charge in [0.15, 0.2) is 0 Å². The second-order valence-electron chi connectivity index (χ2n) is 4.06. The average Bonchev–Trinajstić information content (AvgIpc) is 2.19. The first-order valence-corrected chi connectivity index (χ1v) is 5.69. The molecule has 0 aromatic rings. The molecule has 0 fully saturated rings. The maximum atomic E-state index is 10.5. The lowest BCUT2D eigenvalue weighted by molar-refractivity contribution is -0.137. The average molecular weight is 230 g/mol. The lowest BCUT2D eigenvalue weighted by atomic mass is 10.0. The van der Waals surface area contributed by atoms with Gasteiger partial charge in [0.05, 0.1) is 0 Å². The predicted molar refractivity (Wildman–Crippen MR) is 62.2 cm³/mol. The molecule has 16 heavy (non-hydrogen) atoms. The summed E-state index contributed by atoms with van der Waals surface area (Å²) in [5, 5.41) is 14.4. The van der Waals surface area contributed by atoms with E-state index in [-0.39, 0.29) is 12.3 Å². The number of carboxylic acid groups (broad SMARTS) is 1. The molecule has 0 radical (unpaired) electrons. The first-order chi connectivity index (χ1) is 7.52. The van der Waals surface area contributed by atoms with Crippen LogP contribution in [0.25, 0.3) is 0 Å². The second kappa shape index (κ2) is 9.15. The molecule has 0 heterocycles. The molecule has 94 valence electrons. The van der Waals surface area contributed by atoms with Crippen LogP contribution < -0.4 is 10.6 Å². The van der Waals surface area contributed by atoms with Crippen molar-refractivity contribution in [2.45, 2.75) is 33.1 Å². The molecule has 1 amide bonds. The molecule has 0 rings (SSSR count). The summed E-state index contributed by atoms with van der Waals surface area (Å²) in [4.78, 5) is 20.9. The lowest BCUT2D eigenvalue weighted by Crippen LogP contribution is -2.31. The number of amides is 1. The number of hydrogen-bond acceptors (Lipinski definition) is 3. The fourth-order valence-corrected chi connectivity index (χ4v) is 1.31. The van der Waals surface area contributed by atoms with Gasteiger partial charge in [0.25, 0.3) is 0 Å². The summed E-state index contributed by atoms with van der Waals surface area (Å²) in [5.74, 6) is -0.327. The van der Waals surface area contributed by atoms with Crippen LogP contribution >= 0.6 is 0 Å². The van der Waals surface area contributed by atoms with E-state index in [2.05, 4.69) is 17.6 Å². The number of carbonyl (C=O) groups excluding carboxylic acids is 1. The summed E-state index contributed by atoms with van der Waals surface area (Å²) in [5.41, 5.74) is 0. The second-order valence-corrected chi connectivity index (χ2v) is 4.06. The highest BCUT2D eigenvalue weighted by Crippen LogP contribution is 2.08. The van der Waals surface area contributed by atoms with Crippen LogP contribution in [0.15, 0.2) is 0 Å². The first-order valence-electron chi connectivity index (χ1n) is 5.69. The van der Waals surface area contributed by atoms with Crippen molar-refractivity contribution in [3.8, 4) is 0 Å². The zero-order valence-electron chi connectivity index (χ0n) is 10.1. The van der Waals surface area contributed by atoms with E-state index < -0.39 is 5.97 Å². The third-order valence-electron chi connectivity index (χ3n) is 2.34. The zero-order valence-corrected chi connectivity index (χ0v) is 10.1. The van der Waals surface area contributed by atoms with Gasteiger partial charge in [-0.15, -0.1) is 0 Å². The SMILES string of the molecule is CC(=O)NCCNCCC(C)CCC(=O)O. The Kier molecular flexibility index (Phi) is 8.52. The van der Waals surface area contributed by atoms with Crippen molar-refractivity contribution in [1.82, 2.24) is 10.6 Å². The molecule has 0 aliphatic carbocycles. The van der Waals surface area contributed by atoms with Crippen LogP contribution in [0, 0.1) is 5.92 Å². The predicted octanol–water partition coefficient (Wildman–Crippen LogP) is 0.603. The minimum atomic E-state index is -0.731. The molecule has 0 spiro atoms. The Bertz CT molecular complexity index is 219. The number of rotatable bonds is 9. The summed E-state index contributed by atoms with van der Waals surface area (Å²) in [6, 6.07) is 0. The Labute approximate surface area is 96.6 Å². The zero-order chi connectivity index (χ0) is 12.4. The lowest BCUT2D eigenvalue weighted by Gasteiger charge is -2.10. The van der Waals surface area contributed by atoms with Gasteiger partial charge in [0.1, 0.15) is 0 Å². The van der Waals surface area contributed by atoms with Gasteiger partial charge in [-0.05, 0) is 25.3 Å². The Hall–Kier alpha value is -1.10. The summed E-state index contributed by atoms with van der Waals surface area (Å²) < 4.78 is 0. The van der Waals surface area contributed by atoms with Gasteiger partial charge in [-0.2, -0.15) is 0 Å². The van der Waals surface area contributed by atoms with Crippen molar-refractivity contribution in [3.05, 3.63) is 0 Å². The quantitative estimate of drug-likeness (QED) is 0.507. The largest absolute Gasteiger partial charge is 0.481 e. The number of carboxylic acids is 1. The van der Waals surface area contributed by atoms with E-state index in [0.29, 0.717) is 12.5 Å². The van der Waals surface area contributed by atoms with Crippen LogP contribution in [0.3, 0.4) is 0 Å². The Morgan fingerprint density at radius 3 is 2.44 bits per heavy atom. The summed E-state index contributed by atoms with van der Waals surface area (Å²) in [6.45, 7) is 5.80. The molecule has 3 N–H and O–H groups in total. The fourth-order valence-electron chi connectivity index (χ4n) is 1.31. The van der Waals surface area contributed by atoms with Gasteiger partial charge >= 0.3 is 5.97 Å². The van der Waals surface area contributed by atoms with Crippen molar-refractivity contribution in [3.63, 3.8) is 0 Å². The van der Waals surface area contributed by atoms with Gasteiger partial charge < -0.3 is 15.7 Å². The monoisotopic (exact) mass is 230 g/mol. The van der Waals surface area contributed by atoms with Crippen LogP contribution in [0.2, 0.25) is 0 Å². The third-order valence-corrected chi connectivity index (χ3v) is 2.34. The smallest absolute Gasteiger partial charge is 0.303 e. The number of aliphatic carboxylic acids is 1. The number of hydrogen-bond donors (Lipinski definition) is 3. The Morgan fingerprint density at radius 1 is 1.19 bits per heavy atom. The maximum Gasteiger partial charge on any atom is 0.303 e. The molecular weight excluding hydrogens is 208 g/mol. The highest BCUT2D eigenvalue weighted by Gasteiger charge is 2.04. The normalized spacial score (nSPS) is 12.1. The maximum absolute atomic E-state index is 10.5. The van der Waals surface area contributed by atoms with Crippen LogP contribution in [0.4, 0.5) is 0 Å². The van der Waals surface area contributed by atoms with Crippen LogP contribution in [-0.2, 0) is 9.59 Å². The Morgan fingerprint density at radius 2 is 1.88 bits per heavy atom. The number of nitrogens with one attached hydrogen (secondary N) is 2. The van der Waals surface area contributed by atoms with E-state index in [4.69, 9.17) is 5.11 Å². The fraction of sp³-hybridized carbons (Fsp3) is 0.818. The molecule has 0 bridgehead atoms. The molecule has 0 aromatic heterocycles. The molecule has 0 saturated carbocycles. The minimum Gasteiger partial charge on any atom is -0.481 e. The highest BCUT2D eigenvalue weighted by atomic mass is 16.4. The minimum absolute atomic E-state index is 0.0170. The van der Waals surface area contributed by atoms with Crippen molar-refractivity contribution in [1.29, 1.82) is 0 Å². The molecule has 5 nitrogen and oxygen atoms in total. The van der Waals surface area contributed by atoms with E-state index >= 15 is 0 Å². The van der Waals surface area contributed by atoms with Gasteiger partial charge in [-0.3, -0.25) is 9.59 Å². The molecule has 1 atom stereocenters. The van der Waals surface area contributed by atoms with Crippen molar-refractivity contribution in [2.24, 2.45) is 5.92 Å². The topological polar surface area (TPSA) is 78.4 Å². The van der Waals surface area contributed by atoms with E-state index in [0.717, 1.165) is 25.9 Å². The molecule has 1 unspecified atom stereocenters. The van der Waals surface area contributed by atoms with Gasteiger partial charge in [0.2, 0.25) is 5.91 Å². The summed E-state index contributed by atoms with van der Waals surface area (Å²) in [6.07, 6.45) is 1.93. The van der Waals surface area contributed by atoms with Crippen molar-refractivity contribution < 1.29 is 14.7 Å². The molecule has 0 aliphatic rings. The van der Waals surface area contributed by atoms with Gasteiger partial charge in [-0.1, -0.05) is 6.92 Å². The van der Waals surface area contributed by atoms with E-state index in [1.807, 2.05) is 0 Å². The molecule has 0 aliphatic heterocycles. The molecule has 0 saturated heterocycles. The first kappa shape index (κ1) is 14.9. The van der Waals surface area contributed by atoms with Crippen molar-refractivity contribution in [2.75, 3.05) is 19.6 Å². The highest BCUT2D eigenvalue weighted by molar-refractivity contribution is 5.72. The van der Waals surface area contributed by atoms with Crippen LogP contribution in [0.5, 0.6) is 0 Å². The summed E-state index contributed by atoms with van der Waals surface area (Å²) >= 11 is 0. The van der Waals surface area contributed by atoms with Gasteiger partial charge in [0, 0.05) is 26.4 Å².